The molecule has 2 rings (SSSR count). The molecule has 2 aromatic rings. The number of nitrogens with zero attached hydrogens (tertiary/aromatic N) is 1. The van der Waals surface area contributed by atoms with Crippen molar-refractivity contribution in [2.75, 3.05) is 18.2 Å². The van der Waals surface area contributed by atoms with Crippen LogP contribution in [-0.2, 0) is 0 Å². The van der Waals surface area contributed by atoms with Crippen LogP contribution in [0.25, 0.3) is 0 Å². The number of nitrogens with two attached hydrogens (primary N) is 1. The Morgan fingerprint density at radius 1 is 1.40 bits per heavy atom. The average molecular weight is 357 g/mol. The third-order valence-corrected chi connectivity index (χ3v) is 3.50. The molecule has 0 aliphatic heterocycles. The number of halogens is 2. The van der Waals surface area contributed by atoms with E-state index < -0.39 is 5.91 Å². The highest BCUT2D eigenvalue weighted by Crippen LogP contribution is 2.28. The number of pyridine rings is 1. The van der Waals surface area contributed by atoms with Gasteiger partial charge in [0, 0.05) is 10.5 Å². The molecule has 0 spiro atoms. The molecular weight excluding hydrogens is 346 g/mol. The molecule has 0 aliphatic carbocycles. The van der Waals surface area contributed by atoms with Gasteiger partial charge >= 0.3 is 0 Å². The standard InChI is InChI=1S/C13H11BrClN3O2/c1-20-7-2-3-8(14)10(6-7)17-13(19)12-9(15)4-5-11(16)18-12/h2-6H,1H3,(H2,16,18)(H,17,19). The number of benzene rings is 1. The van der Waals surface area contributed by atoms with Gasteiger partial charge in [-0.05, 0) is 40.2 Å². The molecule has 1 heterocycles. The molecule has 1 aromatic heterocycles. The van der Waals surface area contributed by atoms with Crippen molar-refractivity contribution in [2.24, 2.45) is 0 Å². The Balaban J connectivity index is 2.30. The number of nitrogen functional groups attached to an aromatic ring is 1. The number of nitrogens with one attached hydrogen (secondary N) is 1. The minimum Gasteiger partial charge on any atom is -0.497 e. The van der Waals surface area contributed by atoms with Gasteiger partial charge in [0.05, 0.1) is 17.8 Å². The van der Waals surface area contributed by atoms with Gasteiger partial charge in [0.25, 0.3) is 5.91 Å². The zero-order chi connectivity index (χ0) is 14.7. The van der Waals surface area contributed by atoms with Crippen molar-refractivity contribution >= 4 is 44.9 Å². The molecule has 5 nitrogen and oxygen atoms in total. The fourth-order valence-electron chi connectivity index (χ4n) is 1.53. The van der Waals surface area contributed by atoms with E-state index in [0.29, 0.717) is 15.9 Å². The van der Waals surface area contributed by atoms with Crippen LogP contribution in [0.2, 0.25) is 5.02 Å². The second-order valence-electron chi connectivity index (χ2n) is 3.87. The first-order valence-corrected chi connectivity index (χ1v) is 6.75. The first-order valence-electron chi connectivity index (χ1n) is 5.58. The van der Waals surface area contributed by atoms with E-state index >= 15 is 0 Å². The normalized spacial score (nSPS) is 10.2. The van der Waals surface area contributed by atoms with Crippen molar-refractivity contribution < 1.29 is 9.53 Å². The van der Waals surface area contributed by atoms with Crippen molar-refractivity contribution in [1.82, 2.24) is 4.98 Å². The predicted octanol–water partition coefficient (Wildman–Crippen LogP) is 3.34. The molecule has 0 saturated heterocycles. The van der Waals surface area contributed by atoms with Crippen LogP contribution in [0.5, 0.6) is 5.75 Å². The van der Waals surface area contributed by atoms with Gasteiger partial charge in [-0.2, -0.15) is 0 Å². The van der Waals surface area contributed by atoms with Crippen LogP contribution >= 0.6 is 27.5 Å². The van der Waals surface area contributed by atoms with Crippen LogP contribution < -0.4 is 15.8 Å². The number of carbonyl (C=O) groups is 1. The van der Waals surface area contributed by atoms with Gasteiger partial charge in [-0.3, -0.25) is 4.79 Å². The van der Waals surface area contributed by atoms with Crippen molar-refractivity contribution in [3.63, 3.8) is 0 Å². The zero-order valence-corrected chi connectivity index (χ0v) is 12.8. The van der Waals surface area contributed by atoms with Crippen molar-refractivity contribution in [1.29, 1.82) is 0 Å². The van der Waals surface area contributed by atoms with Crippen LogP contribution in [0.15, 0.2) is 34.8 Å². The molecule has 0 saturated carbocycles. The highest BCUT2D eigenvalue weighted by atomic mass is 79.9. The van der Waals surface area contributed by atoms with E-state index in [0.717, 1.165) is 0 Å². The number of rotatable bonds is 3. The molecule has 20 heavy (non-hydrogen) atoms. The number of hydrogen-bond acceptors (Lipinski definition) is 4. The van der Waals surface area contributed by atoms with Crippen LogP contribution in [0.3, 0.4) is 0 Å². The number of carbonyl (C=O) groups excluding carboxylic acids is 1. The van der Waals surface area contributed by atoms with E-state index in [1.165, 1.54) is 12.1 Å². The quantitative estimate of drug-likeness (QED) is 0.884. The lowest BCUT2D eigenvalue weighted by molar-refractivity contribution is 0.102. The van der Waals surface area contributed by atoms with Crippen LogP contribution in [0, 0.1) is 0 Å². The maximum atomic E-state index is 12.2. The van der Waals surface area contributed by atoms with Gasteiger partial charge in [0.2, 0.25) is 0 Å². The number of methoxy groups -OCH3 is 1. The van der Waals surface area contributed by atoms with Crippen molar-refractivity contribution in [3.8, 4) is 5.75 Å². The van der Waals surface area contributed by atoms with E-state index in [4.69, 9.17) is 22.1 Å². The number of hydrogen-bond donors (Lipinski definition) is 2. The molecule has 0 radical (unpaired) electrons. The number of ether oxygens (including phenoxy) is 1. The van der Waals surface area contributed by atoms with E-state index in [-0.39, 0.29) is 16.5 Å². The first-order chi connectivity index (χ1) is 9.51. The van der Waals surface area contributed by atoms with Crippen molar-refractivity contribution in [2.45, 2.75) is 0 Å². The third kappa shape index (κ3) is 3.20. The van der Waals surface area contributed by atoms with Crippen LogP contribution in [0.1, 0.15) is 10.5 Å². The Bertz CT molecular complexity index is 664. The van der Waals surface area contributed by atoms with E-state index in [2.05, 4.69) is 26.2 Å². The lowest BCUT2D eigenvalue weighted by atomic mass is 10.2. The summed E-state index contributed by atoms with van der Waals surface area (Å²) < 4.78 is 5.82. The number of aromatic nitrogens is 1. The largest absolute Gasteiger partial charge is 0.497 e. The molecule has 0 atom stereocenters. The molecule has 1 amide bonds. The highest BCUT2D eigenvalue weighted by molar-refractivity contribution is 9.10. The molecule has 3 N–H and O–H groups in total. The summed E-state index contributed by atoms with van der Waals surface area (Å²) in [5.41, 5.74) is 6.18. The second-order valence-corrected chi connectivity index (χ2v) is 5.13. The summed E-state index contributed by atoms with van der Waals surface area (Å²) in [5.74, 6) is 0.399. The monoisotopic (exact) mass is 355 g/mol. The Labute approximate surface area is 129 Å². The summed E-state index contributed by atoms with van der Waals surface area (Å²) >= 11 is 9.29. The molecular formula is C13H11BrClN3O2. The molecule has 0 fully saturated rings. The van der Waals surface area contributed by atoms with Gasteiger partial charge in [0.1, 0.15) is 17.3 Å². The molecule has 7 heteroatoms. The molecule has 1 aromatic carbocycles. The van der Waals surface area contributed by atoms with E-state index in [1.807, 2.05) is 0 Å². The SMILES string of the molecule is COc1ccc(Br)c(NC(=O)c2nc(N)ccc2Cl)c1. The fraction of sp³-hybridized carbons (Fsp3) is 0.0769. The van der Waals surface area contributed by atoms with Crippen molar-refractivity contribution in [3.05, 3.63) is 45.5 Å². The number of anilines is 2. The first kappa shape index (κ1) is 14.6. The molecule has 0 aliphatic rings. The van der Waals surface area contributed by atoms with Crippen LogP contribution in [0.4, 0.5) is 11.5 Å². The average Bonchev–Trinajstić information content (AvgIpc) is 2.43. The van der Waals surface area contributed by atoms with Gasteiger partial charge in [-0.1, -0.05) is 11.6 Å². The maximum absolute atomic E-state index is 12.2. The minimum absolute atomic E-state index is 0.0707. The topological polar surface area (TPSA) is 77.2 Å². The molecule has 104 valence electrons. The lowest BCUT2D eigenvalue weighted by Crippen LogP contribution is -2.15. The Morgan fingerprint density at radius 2 is 2.15 bits per heavy atom. The summed E-state index contributed by atoms with van der Waals surface area (Å²) in [5, 5.41) is 2.93. The predicted molar refractivity (Wildman–Crippen MR) is 82.3 cm³/mol. The smallest absolute Gasteiger partial charge is 0.275 e. The van der Waals surface area contributed by atoms with E-state index in [1.54, 1.807) is 25.3 Å². The van der Waals surface area contributed by atoms with Gasteiger partial charge in [0.15, 0.2) is 0 Å². The summed E-state index contributed by atoms with van der Waals surface area (Å²) in [6.07, 6.45) is 0. The Morgan fingerprint density at radius 3 is 2.85 bits per heavy atom. The summed E-state index contributed by atoms with van der Waals surface area (Å²) in [6.45, 7) is 0. The Hall–Kier alpha value is -1.79. The summed E-state index contributed by atoms with van der Waals surface area (Å²) in [7, 11) is 1.55. The summed E-state index contributed by atoms with van der Waals surface area (Å²) in [4.78, 5) is 16.1. The zero-order valence-electron chi connectivity index (χ0n) is 10.5. The van der Waals surface area contributed by atoms with Gasteiger partial charge < -0.3 is 15.8 Å². The maximum Gasteiger partial charge on any atom is 0.275 e. The fourth-order valence-corrected chi connectivity index (χ4v) is 2.06. The minimum atomic E-state index is -0.448. The lowest BCUT2D eigenvalue weighted by Gasteiger charge is -2.10. The van der Waals surface area contributed by atoms with Gasteiger partial charge in [-0.15, -0.1) is 0 Å². The van der Waals surface area contributed by atoms with Crippen LogP contribution in [-0.4, -0.2) is 18.0 Å². The second kappa shape index (κ2) is 6.11. The van der Waals surface area contributed by atoms with E-state index in [9.17, 15) is 4.79 Å². The highest BCUT2D eigenvalue weighted by Gasteiger charge is 2.14. The Kier molecular flexibility index (Phi) is 4.46. The molecule has 0 bridgehead atoms. The third-order valence-electron chi connectivity index (χ3n) is 2.50. The summed E-state index contributed by atoms with van der Waals surface area (Å²) in [6, 6.07) is 8.27. The number of amides is 1. The molecule has 0 unspecified atom stereocenters. The van der Waals surface area contributed by atoms with Gasteiger partial charge in [-0.25, -0.2) is 4.98 Å².